The molecule has 1 fully saturated rings. The summed E-state index contributed by atoms with van der Waals surface area (Å²) < 4.78 is 6.64. The lowest BCUT2D eigenvalue weighted by molar-refractivity contribution is -0.132. The van der Waals surface area contributed by atoms with Gasteiger partial charge >= 0.3 is 0 Å². The molecule has 21 heavy (non-hydrogen) atoms. The van der Waals surface area contributed by atoms with Crippen LogP contribution in [0.25, 0.3) is 11.5 Å². The van der Waals surface area contributed by atoms with E-state index in [0.29, 0.717) is 31.4 Å². The third kappa shape index (κ3) is 2.88. The van der Waals surface area contributed by atoms with Gasteiger partial charge in [-0.15, -0.1) is 10.2 Å². The van der Waals surface area contributed by atoms with Gasteiger partial charge in [-0.25, -0.2) is 0 Å². The maximum Gasteiger partial charge on any atom is 0.248 e. The number of hydrogen-bond donors (Lipinski definition) is 1. The highest BCUT2D eigenvalue weighted by atomic mass is 79.9. The first-order chi connectivity index (χ1) is 9.98. The van der Waals surface area contributed by atoms with Crippen molar-refractivity contribution in [2.75, 3.05) is 13.1 Å². The van der Waals surface area contributed by atoms with Crippen LogP contribution in [0.2, 0.25) is 0 Å². The van der Waals surface area contributed by atoms with E-state index in [4.69, 9.17) is 4.42 Å². The van der Waals surface area contributed by atoms with Crippen molar-refractivity contribution in [3.63, 3.8) is 0 Å². The smallest absolute Gasteiger partial charge is 0.248 e. The first-order valence-electron chi connectivity index (χ1n) is 7.00. The fraction of sp³-hybridized carbons (Fsp3) is 0.467. The third-order valence-corrected chi connectivity index (χ3v) is 4.69. The Morgan fingerprint density at radius 2 is 2.05 bits per heavy atom. The molecule has 0 atom stereocenters. The van der Waals surface area contributed by atoms with Gasteiger partial charge in [0.2, 0.25) is 11.8 Å². The zero-order valence-electron chi connectivity index (χ0n) is 12.1. The molecule has 0 unspecified atom stereocenters. The van der Waals surface area contributed by atoms with E-state index in [9.17, 15) is 5.11 Å². The van der Waals surface area contributed by atoms with E-state index < -0.39 is 5.60 Å². The predicted octanol–water partition coefficient (Wildman–Crippen LogP) is 2.70. The van der Waals surface area contributed by atoms with Crippen molar-refractivity contribution >= 4 is 15.9 Å². The second-order valence-corrected chi connectivity index (χ2v) is 6.74. The number of β-amino-alcohol motifs (C(OH)–C–C–N with tert-alkyl or cyclic N) is 1. The summed E-state index contributed by atoms with van der Waals surface area (Å²) in [5, 5.41) is 18.4. The highest BCUT2D eigenvalue weighted by molar-refractivity contribution is 9.10. The van der Waals surface area contributed by atoms with Gasteiger partial charge in [0, 0.05) is 17.6 Å². The predicted molar refractivity (Wildman–Crippen MR) is 82.5 cm³/mol. The van der Waals surface area contributed by atoms with Crippen molar-refractivity contribution in [3.8, 4) is 11.5 Å². The summed E-state index contributed by atoms with van der Waals surface area (Å²) in [6.45, 7) is 5.95. The Morgan fingerprint density at radius 1 is 1.33 bits per heavy atom. The number of aromatic nitrogens is 2. The van der Waals surface area contributed by atoms with Gasteiger partial charge < -0.3 is 9.52 Å². The SMILES string of the molecule is CC(C)C1(O)CN(Cc2nnc(-c3ccccc3Br)o2)C1. The highest BCUT2D eigenvalue weighted by Crippen LogP contribution is 2.31. The number of halogens is 1. The van der Waals surface area contributed by atoms with E-state index in [1.54, 1.807) is 0 Å². The summed E-state index contributed by atoms with van der Waals surface area (Å²) >= 11 is 3.48. The normalized spacial score (nSPS) is 18.0. The van der Waals surface area contributed by atoms with Crippen LogP contribution in [0, 0.1) is 5.92 Å². The van der Waals surface area contributed by atoms with Gasteiger partial charge in [0.25, 0.3) is 0 Å². The average molecular weight is 352 g/mol. The Hall–Kier alpha value is -1.24. The van der Waals surface area contributed by atoms with Gasteiger partial charge in [-0.05, 0) is 34.0 Å². The minimum absolute atomic E-state index is 0.257. The summed E-state index contributed by atoms with van der Waals surface area (Å²) in [7, 11) is 0. The molecule has 1 aliphatic heterocycles. The Kier molecular flexibility index (Phi) is 3.86. The van der Waals surface area contributed by atoms with Crippen molar-refractivity contribution in [2.45, 2.75) is 26.0 Å². The van der Waals surface area contributed by atoms with Gasteiger partial charge in [-0.2, -0.15) is 0 Å². The number of likely N-dealkylation sites (tertiary alicyclic amines) is 1. The number of rotatable bonds is 4. The van der Waals surface area contributed by atoms with E-state index in [2.05, 4.69) is 31.0 Å². The van der Waals surface area contributed by atoms with E-state index in [-0.39, 0.29) is 5.92 Å². The number of aliphatic hydroxyl groups is 1. The molecular weight excluding hydrogens is 334 g/mol. The number of hydrogen-bond acceptors (Lipinski definition) is 5. The van der Waals surface area contributed by atoms with Crippen LogP contribution in [-0.4, -0.2) is 38.9 Å². The largest absolute Gasteiger partial charge is 0.419 e. The third-order valence-electron chi connectivity index (χ3n) is 4.00. The molecule has 0 bridgehead atoms. The topological polar surface area (TPSA) is 62.4 Å². The molecule has 2 aromatic rings. The fourth-order valence-electron chi connectivity index (χ4n) is 2.46. The number of benzene rings is 1. The van der Waals surface area contributed by atoms with Gasteiger partial charge in [0.15, 0.2) is 0 Å². The second kappa shape index (κ2) is 5.51. The second-order valence-electron chi connectivity index (χ2n) is 5.88. The summed E-state index contributed by atoms with van der Waals surface area (Å²) in [4.78, 5) is 2.11. The summed E-state index contributed by atoms with van der Waals surface area (Å²) in [6, 6.07) is 7.75. The quantitative estimate of drug-likeness (QED) is 0.917. The van der Waals surface area contributed by atoms with Gasteiger partial charge in [0.05, 0.1) is 17.7 Å². The van der Waals surface area contributed by atoms with Crippen molar-refractivity contribution in [3.05, 3.63) is 34.6 Å². The van der Waals surface area contributed by atoms with Gasteiger partial charge in [-0.1, -0.05) is 26.0 Å². The lowest BCUT2D eigenvalue weighted by Gasteiger charge is -2.48. The lowest BCUT2D eigenvalue weighted by Crippen LogP contribution is -2.63. The van der Waals surface area contributed by atoms with Crippen LogP contribution in [0.15, 0.2) is 33.2 Å². The Bertz CT molecular complexity index is 635. The standard InChI is InChI=1S/C15H18BrN3O2/c1-10(2)15(20)8-19(9-15)7-13-17-18-14(21-13)11-5-3-4-6-12(11)16/h3-6,10,20H,7-9H2,1-2H3. The summed E-state index contributed by atoms with van der Waals surface area (Å²) in [6.07, 6.45) is 0. The molecule has 5 nitrogen and oxygen atoms in total. The molecular formula is C15H18BrN3O2. The maximum atomic E-state index is 10.2. The Morgan fingerprint density at radius 3 is 2.71 bits per heavy atom. The molecule has 3 rings (SSSR count). The van der Waals surface area contributed by atoms with Crippen molar-refractivity contribution in [2.24, 2.45) is 5.92 Å². The highest BCUT2D eigenvalue weighted by Gasteiger charge is 2.43. The molecule has 1 saturated heterocycles. The molecule has 1 aliphatic rings. The van der Waals surface area contributed by atoms with Crippen LogP contribution in [0.1, 0.15) is 19.7 Å². The molecule has 0 saturated carbocycles. The van der Waals surface area contributed by atoms with Crippen LogP contribution in [0.5, 0.6) is 0 Å². The van der Waals surface area contributed by atoms with Crippen LogP contribution >= 0.6 is 15.9 Å². The zero-order chi connectivity index (χ0) is 15.0. The van der Waals surface area contributed by atoms with E-state index in [0.717, 1.165) is 10.0 Å². The van der Waals surface area contributed by atoms with E-state index in [1.807, 2.05) is 38.1 Å². The van der Waals surface area contributed by atoms with Crippen LogP contribution in [0.3, 0.4) is 0 Å². The number of nitrogens with zero attached hydrogens (tertiary/aromatic N) is 3. The van der Waals surface area contributed by atoms with Crippen LogP contribution in [0.4, 0.5) is 0 Å². The van der Waals surface area contributed by atoms with Gasteiger partial charge in [0.1, 0.15) is 0 Å². The average Bonchev–Trinajstić information content (AvgIpc) is 2.85. The van der Waals surface area contributed by atoms with Crippen molar-refractivity contribution in [1.82, 2.24) is 15.1 Å². The minimum Gasteiger partial charge on any atom is -0.419 e. The van der Waals surface area contributed by atoms with E-state index in [1.165, 1.54) is 0 Å². The molecule has 0 spiro atoms. The summed E-state index contributed by atoms with van der Waals surface area (Å²) in [5.74, 6) is 1.34. The molecule has 0 aliphatic carbocycles. The van der Waals surface area contributed by atoms with E-state index >= 15 is 0 Å². The molecule has 1 aromatic heterocycles. The molecule has 0 radical (unpaired) electrons. The Balaban J connectivity index is 1.66. The van der Waals surface area contributed by atoms with Crippen LogP contribution in [-0.2, 0) is 6.54 Å². The fourth-order valence-corrected chi connectivity index (χ4v) is 2.91. The Labute approximate surface area is 132 Å². The summed E-state index contributed by atoms with van der Waals surface area (Å²) in [5.41, 5.74) is 0.309. The molecule has 2 heterocycles. The molecule has 0 amide bonds. The van der Waals surface area contributed by atoms with Crippen molar-refractivity contribution < 1.29 is 9.52 Å². The minimum atomic E-state index is -0.578. The lowest BCUT2D eigenvalue weighted by atomic mass is 9.83. The molecule has 1 aromatic carbocycles. The maximum absolute atomic E-state index is 10.2. The molecule has 112 valence electrons. The first kappa shape index (κ1) is 14.7. The van der Waals surface area contributed by atoms with Crippen molar-refractivity contribution in [1.29, 1.82) is 0 Å². The zero-order valence-corrected chi connectivity index (χ0v) is 13.7. The monoisotopic (exact) mass is 351 g/mol. The first-order valence-corrected chi connectivity index (χ1v) is 7.79. The van der Waals surface area contributed by atoms with Crippen LogP contribution < -0.4 is 0 Å². The van der Waals surface area contributed by atoms with Gasteiger partial charge in [-0.3, -0.25) is 4.90 Å². The molecule has 6 heteroatoms. The molecule has 1 N–H and O–H groups in total.